The molecule has 2 aromatic carbocycles. The van der Waals surface area contributed by atoms with Gasteiger partial charge in [0.2, 0.25) is 0 Å². The third kappa shape index (κ3) is 2.37. The van der Waals surface area contributed by atoms with Crippen LogP contribution in [0.25, 0.3) is 16.7 Å². The van der Waals surface area contributed by atoms with Gasteiger partial charge in [0.25, 0.3) is 0 Å². The summed E-state index contributed by atoms with van der Waals surface area (Å²) in [6.07, 6.45) is 0. The van der Waals surface area contributed by atoms with Crippen molar-refractivity contribution in [3.05, 3.63) is 58.9 Å². The first-order valence-corrected chi connectivity index (χ1v) is 7.24. The lowest BCUT2D eigenvalue weighted by Gasteiger charge is -2.10. The molecule has 0 saturated carbocycles. The number of aromatic nitrogens is 2. The Morgan fingerprint density at radius 1 is 1.24 bits per heavy atom. The van der Waals surface area contributed by atoms with Crippen molar-refractivity contribution in [2.45, 2.75) is 12.3 Å². The molecule has 0 amide bonds. The predicted molar refractivity (Wildman–Crippen MR) is 85.1 cm³/mol. The second kappa shape index (κ2) is 5.40. The Labute approximate surface area is 132 Å². The molecule has 104 valence electrons. The summed E-state index contributed by atoms with van der Waals surface area (Å²) >= 11 is 12.4. The molecule has 0 N–H and O–H groups in total. The summed E-state index contributed by atoms with van der Waals surface area (Å²) in [7, 11) is 0. The third-order valence-corrected chi connectivity index (χ3v) is 3.68. The Hall–Kier alpha value is -2.02. The van der Waals surface area contributed by atoms with Gasteiger partial charge in [-0.25, -0.2) is 4.98 Å². The minimum atomic E-state index is -0.289. The first kappa shape index (κ1) is 13.9. The molecule has 0 radical (unpaired) electrons. The second-order valence-corrected chi connectivity index (χ2v) is 5.78. The molecule has 1 atom stereocenters. The van der Waals surface area contributed by atoms with Crippen LogP contribution < -0.4 is 0 Å². The zero-order valence-electron chi connectivity index (χ0n) is 11.2. The number of nitrogens with zero attached hydrogens (tertiary/aromatic N) is 3. The van der Waals surface area contributed by atoms with Crippen LogP contribution in [0.3, 0.4) is 0 Å². The molecule has 3 aromatic rings. The fraction of sp³-hybridized carbons (Fsp3) is 0.125. The Balaban J connectivity index is 2.40. The quantitative estimate of drug-likeness (QED) is 0.634. The lowest BCUT2D eigenvalue weighted by Crippen LogP contribution is -2.01. The van der Waals surface area contributed by atoms with Gasteiger partial charge in [-0.3, -0.25) is 4.57 Å². The molecule has 21 heavy (non-hydrogen) atoms. The molecule has 0 bridgehead atoms. The number of fused-ring (bicyclic) bond motifs is 1. The van der Waals surface area contributed by atoms with Gasteiger partial charge in [0.05, 0.1) is 16.5 Å². The van der Waals surface area contributed by atoms with Crippen LogP contribution in [-0.2, 0) is 0 Å². The average Bonchev–Trinajstić information content (AvgIpc) is 2.86. The molecule has 0 saturated heterocycles. The maximum absolute atomic E-state index is 9.24. The Morgan fingerprint density at radius 3 is 2.67 bits per heavy atom. The van der Waals surface area contributed by atoms with Gasteiger partial charge in [-0.15, -0.1) is 11.6 Å². The number of para-hydroxylation sites is 1. The molecule has 3 nitrogen and oxygen atoms in total. The van der Waals surface area contributed by atoms with E-state index < -0.39 is 0 Å². The van der Waals surface area contributed by atoms with Crippen LogP contribution >= 0.6 is 23.2 Å². The topological polar surface area (TPSA) is 41.6 Å². The van der Waals surface area contributed by atoms with E-state index in [0.717, 1.165) is 11.2 Å². The third-order valence-electron chi connectivity index (χ3n) is 3.25. The summed E-state index contributed by atoms with van der Waals surface area (Å²) in [4.78, 5) is 4.55. The molecule has 0 aliphatic carbocycles. The standard InChI is InChI=1S/C16H11Cl2N3/c1-10(17)16-20-15-11(9-19)4-2-7-14(15)21(16)13-6-3-5-12(18)8-13/h2-8,10H,1H3. The number of benzene rings is 2. The fourth-order valence-corrected chi connectivity index (χ4v) is 2.69. The molecule has 0 aliphatic heterocycles. The SMILES string of the molecule is CC(Cl)c1nc2c(C#N)cccc2n1-c1cccc(Cl)c1. The number of alkyl halides is 1. The van der Waals surface area contributed by atoms with Gasteiger partial charge in [0.1, 0.15) is 17.4 Å². The van der Waals surface area contributed by atoms with Gasteiger partial charge in [-0.05, 0) is 37.3 Å². The van der Waals surface area contributed by atoms with Gasteiger partial charge in [0.15, 0.2) is 0 Å². The van der Waals surface area contributed by atoms with Crippen LogP contribution in [0.15, 0.2) is 42.5 Å². The monoisotopic (exact) mass is 315 g/mol. The van der Waals surface area contributed by atoms with Crippen molar-refractivity contribution in [1.82, 2.24) is 9.55 Å². The second-order valence-electron chi connectivity index (χ2n) is 4.69. The van der Waals surface area contributed by atoms with Gasteiger partial charge in [-0.2, -0.15) is 5.26 Å². The fourth-order valence-electron chi connectivity index (χ4n) is 2.36. The maximum atomic E-state index is 9.24. The molecular weight excluding hydrogens is 305 g/mol. The lowest BCUT2D eigenvalue weighted by atomic mass is 10.2. The van der Waals surface area contributed by atoms with Gasteiger partial charge in [-0.1, -0.05) is 23.7 Å². The van der Waals surface area contributed by atoms with Crippen LogP contribution in [0.2, 0.25) is 5.02 Å². The largest absolute Gasteiger partial charge is 0.295 e. The number of imidazole rings is 1. The maximum Gasteiger partial charge on any atom is 0.132 e. The van der Waals surface area contributed by atoms with E-state index >= 15 is 0 Å². The molecular formula is C16H11Cl2N3. The van der Waals surface area contributed by atoms with E-state index in [0.29, 0.717) is 21.9 Å². The van der Waals surface area contributed by atoms with Gasteiger partial charge < -0.3 is 0 Å². The average molecular weight is 316 g/mol. The molecule has 3 rings (SSSR count). The molecule has 0 spiro atoms. The predicted octanol–water partition coefficient (Wildman–Crippen LogP) is 4.85. The highest BCUT2D eigenvalue weighted by atomic mass is 35.5. The highest BCUT2D eigenvalue weighted by Gasteiger charge is 2.18. The molecule has 1 unspecified atom stereocenters. The Kier molecular flexibility index (Phi) is 3.59. The van der Waals surface area contributed by atoms with Crippen molar-refractivity contribution in [3.63, 3.8) is 0 Å². The molecule has 0 fully saturated rings. The van der Waals surface area contributed by atoms with E-state index in [-0.39, 0.29) is 5.38 Å². The zero-order valence-corrected chi connectivity index (χ0v) is 12.7. The van der Waals surface area contributed by atoms with Crippen molar-refractivity contribution in [3.8, 4) is 11.8 Å². The van der Waals surface area contributed by atoms with E-state index in [4.69, 9.17) is 23.2 Å². The van der Waals surface area contributed by atoms with Crippen LogP contribution in [-0.4, -0.2) is 9.55 Å². The zero-order chi connectivity index (χ0) is 15.0. The van der Waals surface area contributed by atoms with E-state index in [1.807, 2.05) is 47.9 Å². The van der Waals surface area contributed by atoms with Crippen LogP contribution in [0.1, 0.15) is 23.7 Å². The van der Waals surface area contributed by atoms with Gasteiger partial charge in [0, 0.05) is 10.7 Å². The normalized spacial score (nSPS) is 12.3. The molecule has 1 heterocycles. The summed E-state index contributed by atoms with van der Waals surface area (Å²) in [6, 6.07) is 15.2. The first-order valence-electron chi connectivity index (χ1n) is 6.43. The number of nitriles is 1. The van der Waals surface area contributed by atoms with Crippen molar-refractivity contribution in [2.24, 2.45) is 0 Å². The van der Waals surface area contributed by atoms with Crippen LogP contribution in [0, 0.1) is 11.3 Å². The van der Waals surface area contributed by atoms with Crippen molar-refractivity contribution >= 4 is 34.2 Å². The molecule has 1 aromatic heterocycles. The summed E-state index contributed by atoms with van der Waals surface area (Å²) in [5.41, 5.74) is 2.91. The summed E-state index contributed by atoms with van der Waals surface area (Å²) in [6.45, 7) is 1.86. The Bertz CT molecular complexity index is 860. The summed E-state index contributed by atoms with van der Waals surface area (Å²) < 4.78 is 1.94. The highest BCUT2D eigenvalue weighted by Crippen LogP contribution is 2.30. The lowest BCUT2D eigenvalue weighted by molar-refractivity contribution is 0.882. The van der Waals surface area contributed by atoms with Crippen LogP contribution in [0.4, 0.5) is 0 Å². The minimum absolute atomic E-state index is 0.289. The van der Waals surface area contributed by atoms with Gasteiger partial charge >= 0.3 is 0 Å². The van der Waals surface area contributed by atoms with E-state index in [9.17, 15) is 5.26 Å². The number of hydrogen-bond donors (Lipinski definition) is 0. The number of rotatable bonds is 2. The highest BCUT2D eigenvalue weighted by molar-refractivity contribution is 6.30. The van der Waals surface area contributed by atoms with Crippen molar-refractivity contribution in [1.29, 1.82) is 5.26 Å². The van der Waals surface area contributed by atoms with E-state index in [1.165, 1.54) is 0 Å². The first-order chi connectivity index (χ1) is 10.1. The van der Waals surface area contributed by atoms with Crippen molar-refractivity contribution in [2.75, 3.05) is 0 Å². The van der Waals surface area contributed by atoms with E-state index in [2.05, 4.69) is 11.1 Å². The summed E-state index contributed by atoms with van der Waals surface area (Å²) in [5, 5.41) is 9.58. The summed E-state index contributed by atoms with van der Waals surface area (Å²) in [5.74, 6) is 0.691. The minimum Gasteiger partial charge on any atom is -0.295 e. The van der Waals surface area contributed by atoms with E-state index in [1.54, 1.807) is 6.07 Å². The number of halogens is 2. The smallest absolute Gasteiger partial charge is 0.132 e. The molecule has 0 aliphatic rings. The van der Waals surface area contributed by atoms with Crippen molar-refractivity contribution < 1.29 is 0 Å². The number of hydrogen-bond acceptors (Lipinski definition) is 2. The Morgan fingerprint density at radius 2 is 2.00 bits per heavy atom. The molecule has 5 heteroatoms. The van der Waals surface area contributed by atoms with Crippen LogP contribution in [0.5, 0.6) is 0 Å².